The van der Waals surface area contributed by atoms with E-state index in [1.165, 1.54) is 5.56 Å². The molecule has 0 aromatic heterocycles. The van der Waals surface area contributed by atoms with Crippen LogP contribution in [0.15, 0.2) is 24.3 Å². The summed E-state index contributed by atoms with van der Waals surface area (Å²) in [7, 11) is 0. The molecule has 0 heterocycles. The molecule has 1 aromatic rings. The molecule has 0 saturated carbocycles. The van der Waals surface area contributed by atoms with Crippen LogP contribution in [-0.2, 0) is 4.92 Å². The summed E-state index contributed by atoms with van der Waals surface area (Å²) in [6.07, 6.45) is 0. The molecule has 0 spiro atoms. The van der Waals surface area contributed by atoms with Crippen LogP contribution in [0.1, 0.15) is 50.5 Å². The second-order valence-electron chi connectivity index (χ2n) is 2.61. The Morgan fingerprint density at radius 3 is 1.44 bits per heavy atom. The summed E-state index contributed by atoms with van der Waals surface area (Å²) in [4.78, 5) is 10.5. The van der Waals surface area contributed by atoms with E-state index < -0.39 is 0 Å². The number of halogens is 3. The molecule has 0 unspecified atom stereocenters. The number of carbonyl (C=O) groups is 1. The minimum atomic E-state index is -0.278. The van der Waals surface area contributed by atoms with Gasteiger partial charge in [-0.05, 0) is 13.8 Å². The van der Waals surface area contributed by atoms with Crippen LogP contribution in [0.3, 0.4) is 0 Å². The predicted octanol–water partition coefficient (Wildman–Crippen LogP) is 6.90. The fraction of sp³-hybridized carbons (Fsp3) is 0.462. The van der Waals surface area contributed by atoms with Gasteiger partial charge in [-0.3, -0.25) is 4.79 Å². The van der Waals surface area contributed by atoms with E-state index in [4.69, 9.17) is 0 Å². The molecule has 1 rings (SSSR count). The Labute approximate surface area is 150 Å². The molecule has 0 atom stereocenters. The number of hydrogen-bond acceptors (Lipinski definition) is 1. The van der Waals surface area contributed by atoms with Gasteiger partial charge < -0.3 is 0 Å². The molecule has 106 valence electrons. The number of aryl methyl sites for hydroxylation is 1. The summed E-state index contributed by atoms with van der Waals surface area (Å²) in [5.74, 6) is 0.125. The van der Waals surface area contributed by atoms with E-state index in [0.29, 0.717) is 0 Å². The zero-order valence-electron chi connectivity index (χ0n) is 11.8. The van der Waals surface area contributed by atoms with E-state index in [9.17, 15) is 4.79 Å². The van der Waals surface area contributed by atoms with Gasteiger partial charge in [-0.1, -0.05) is 57.5 Å². The van der Waals surface area contributed by atoms with E-state index in [-0.39, 0.29) is 10.7 Å². The molecule has 18 heavy (non-hydrogen) atoms. The van der Waals surface area contributed by atoms with Crippen LogP contribution in [0.5, 0.6) is 0 Å². The molecule has 0 amide bonds. The van der Waals surface area contributed by atoms with Gasteiger partial charge in [0.05, 0.1) is 0 Å². The fourth-order valence-electron chi connectivity index (χ4n) is 0.788. The average Bonchev–Trinajstić information content (AvgIpc) is 2.34. The molecular formula is C13H22I3OV. The van der Waals surface area contributed by atoms with E-state index in [2.05, 4.69) is 59.9 Å². The molecule has 0 N–H and O–H groups in total. The third kappa shape index (κ3) is 20.0. The van der Waals surface area contributed by atoms with Crippen molar-refractivity contribution in [2.75, 3.05) is 0 Å². The SMILES string of the molecule is CC.CC.CC(=O)c1ccc(C)cc1.[I][V]([I])[I]. The van der Waals surface area contributed by atoms with Gasteiger partial charge >= 0.3 is 64.9 Å². The third-order valence-electron chi connectivity index (χ3n) is 1.46. The molecule has 0 aliphatic carbocycles. The van der Waals surface area contributed by atoms with Gasteiger partial charge in [-0.15, -0.1) is 0 Å². The standard InChI is InChI=1S/C9H10O.2C2H6.3HI.V/c1-7-3-5-9(6-4-7)8(2)10;2*1-2;;;;/h3-6H,1-2H3;2*1-2H3;3*1H;/q;;;;;;+3/p-3. The van der Waals surface area contributed by atoms with Crippen molar-refractivity contribution in [3.05, 3.63) is 35.4 Å². The second-order valence-corrected chi connectivity index (χ2v) is 38.0. The Morgan fingerprint density at radius 1 is 0.944 bits per heavy atom. The van der Waals surface area contributed by atoms with E-state index in [1.54, 1.807) is 6.92 Å². The first kappa shape index (κ1) is 24.7. The van der Waals surface area contributed by atoms with Crippen molar-refractivity contribution in [2.24, 2.45) is 0 Å². The van der Waals surface area contributed by atoms with Crippen LogP contribution in [0, 0.1) is 6.92 Å². The third-order valence-corrected chi connectivity index (χ3v) is 1.46. The Morgan fingerprint density at radius 2 is 1.22 bits per heavy atom. The number of hydrogen-bond donors (Lipinski definition) is 0. The molecular weight excluding hydrogens is 604 g/mol. The van der Waals surface area contributed by atoms with Crippen molar-refractivity contribution >= 4 is 65.7 Å². The number of benzene rings is 1. The number of ketones is 1. The summed E-state index contributed by atoms with van der Waals surface area (Å²) >= 11 is 7.39. The zero-order valence-corrected chi connectivity index (χ0v) is 19.7. The summed E-state index contributed by atoms with van der Waals surface area (Å²) in [6.45, 7) is 11.6. The number of Topliss-reactive ketones (excluding diaryl/α,β-unsaturated/α-hetero) is 1. The number of rotatable bonds is 1. The van der Waals surface area contributed by atoms with Crippen LogP contribution < -0.4 is 0 Å². The van der Waals surface area contributed by atoms with Crippen molar-refractivity contribution < 1.29 is 9.72 Å². The van der Waals surface area contributed by atoms with Crippen molar-refractivity contribution in [1.82, 2.24) is 0 Å². The molecule has 0 fully saturated rings. The average molecular weight is 626 g/mol. The zero-order chi connectivity index (χ0) is 15.1. The summed E-state index contributed by atoms with van der Waals surface area (Å²) in [6, 6.07) is 7.57. The van der Waals surface area contributed by atoms with Gasteiger partial charge in [0, 0.05) is 5.56 Å². The van der Waals surface area contributed by atoms with Gasteiger partial charge in [0.2, 0.25) is 0 Å². The first-order valence-corrected chi connectivity index (χ1v) is 19.3. The van der Waals surface area contributed by atoms with Crippen molar-refractivity contribution in [3.8, 4) is 0 Å². The summed E-state index contributed by atoms with van der Waals surface area (Å²) in [5.41, 5.74) is 1.97. The summed E-state index contributed by atoms with van der Waals surface area (Å²) < 4.78 is 0. The molecule has 1 nitrogen and oxygen atoms in total. The van der Waals surface area contributed by atoms with Crippen LogP contribution in [0.4, 0.5) is 0 Å². The quantitative estimate of drug-likeness (QED) is 0.245. The second kappa shape index (κ2) is 18.7. The Hall–Kier alpha value is 1.66. The van der Waals surface area contributed by atoms with Gasteiger partial charge in [0.1, 0.15) is 0 Å². The van der Waals surface area contributed by atoms with Gasteiger partial charge in [0.15, 0.2) is 5.78 Å². The normalized spacial score (nSPS) is 7.89. The maximum absolute atomic E-state index is 10.8. The molecule has 1 aromatic carbocycles. The van der Waals surface area contributed by atoms with Gasteiger partial charge in [-0.25, -0.2) is 0 Å². The van der Waals surface area contributed by atoms with Crippen LogP contribution in [0.2, 0.25) is 0 Å². The predicted molar refractivity (Wildman–Crippen MR) is 106 cm³/mol. The van der Waals surface area contributed by atoms with Crippen molar-refractivity contribution in [3.63, 3.8) is 0 Å². The van der Waals surface area contributed by atoms with Gasteiger partial charge in [-0.2, -0.15) is 0 Å². The van der Waals surface area contributed by atoms with Crippen molar-refractivity contribution in [2.45, 2.75) is 41.5 Å². The monoisotopic (exact) mass is 626 g/mol. The molecule has 0 saturated heterocycles. The fourth-order valence-corrected chi connectivity index (χ4v) is 0.788. The Bertz CT molecular complexity index is 284. The first-order valence-electron chi connectivity index (χ1n) is 5.78. The molecule has 0 bridgehead atoms. The first-order chi connectivity index (χ1) is 8.43. The molecule has 0 aliphatic heterocycles. The van der Waals surface area contributed by atoms with Crippen LogP contribution in [0.25, 0.3) is 0 Å². The minimum absolute atomic E-state index is 0.125. The van der Waals surface area contributed by atoms with Crippen molar-refractivity contribution in [1.29, 1.82) is 0 Å². The Kier molecular flexibility index (Phi) is 25.6. The molecule has 0 radical (unpaired) electrons. The van der Waals surface area contributed by atoms with Crippen LogP contribution in [-0.4, -0.2) is 5.78 Å². The Balaban J connectivity index is -0.000000238. The summed E-state index contributed by atoms with van der Waals surface area (Å²) in [5, 5.41) is 0. The number of carbonyl (C=O) groups excluding carboxylic acids is 1. The van der Waals surface area contributed by atoms with E-state index >= 15 is 0 Å². The van der Waals surface area contributed by atoms with E-state index in [1.807, 2.05) is 58.9 Å². The molecule has 0 aliphatic rings. The van der Waals surface area contributed by atoms with Gasteiger partial charge in [0.25, 0.3) is 0 Å². The molecule has 5 heteroatoms. The van der Waals surface area contributed by atoms with E-state index in [0.717, 1.165) is 5.56 Å². The topological polar surface area (TPSA) is 17.1 Å². The maximum atomic E-state index is 10.8. The van der Waals surface area contributed by atoms with Crippen LogP contribution >= 0.6 is 59.9 Å².